The number of hydrogen-bond donors (Lipinski definition) is 0. The molecule has 0 aromatic carbocycles. The molecule has 0 aliphatic carbocycles. The van der Waals surface area contributed by atoms with Gasteiger partial charge in [0.1, 0.15) is 6.54 Å². The zero-order valence-corrected chi connectivity index (χ0v) is 29.9. The lowest BCUT2D eigenvalue weighted by Crippen LogP contribution is -2.33. The predicted molar refractivity (Wildman–Crippen MR) is 196 cm³/mol. The van der Waals surface area contributed by atoms with Crippen molar-refractivity contribution in [1.29, 1.82) is 0 Å². The van der Waals surface area contributed by atoms with Gasteiger partial charge in [-0.25, -0.2) is 4.57 Å². The second kappa shape index (κ2) is 32.1. The van der Waals surface area contributed by atoms with E-state index in [1.165, 1.54) is 133 Å². The Labute approximate surface area is 287 Å². The number of aromatic nitrogens is 2. The molecule has 2 heterocycles. The molecule has 0 amide bonds. The van der Waals surface area contributed by atoms with Crippen LogP contribution < -0.4 is 4.57 Å². The van der Waals surface area contributed by atoms with Gasteiger partial charge in [0.25, 0.3) is 0 Å². The summed E-state index contributed by atoms with van der Waals surface area (Å²) in [4.78, 5) is 6.97. The lowest BCUT2D eigenvalue weighted by atomic mass is 10.1. The molecule has 2 rings (SSSR count). The Balaban J connectivity index is 1.28. The zero-order chi connectivity index (χ0) is 33.1. The van der Waals surface area contributed by atoms with Crippen LogP contribution in [0.2, 0.25) is 0 Å². The molecule has 0 spiro atoms. The molecule has 47 heavy (non-hydrogen) atoms. The summed E-state index contributed by atoms with van der Waals surface area (Å²) in [5, 5.41) is 3.59. The first-order chi connectivity index (χ1) is 23.4. The maximum atomic E-state index is 8.27. The summed E-state index contributed by atoms with van der Waals surface area (Å²) < 4.78 is 14.1. The van der Waals surface area contributed by atoms with E-state index in [1.807, 2.05) is 18.5 Å². The molecule has 0 unspecified atom stereocenters. The van der Waals surface area contributed by atoms with E-state index in [0.717, 1.165) is 65.1 Å². The van der Waals surface area contributed by atoms with Gasteiger partial charge in [0.2, 0.25) is 0 Å². The highest BCUT2D eigenvalue weighted by molar-refractivity contribution is 5.08. The molecule has 0 atom stereocenters. The Morgan fingerprint density at radius 2 is 1.06 bits per heavy atom. The van der Waals surface area contributed by atoms with Crippen molar-refractivity contribution in [3.63, 3.8) is 0 Å². The lowest BCUT2D eigenvalue weighted by Gasteiger charge is -2.05. The highest BCUT2D eigenvalue weighted by Gasteiger charge is 2.04. The summed E-state index contributed by atoms with van der Waals surface area (Å²) in [6.07, 6.45) is 38.7. The van der Waals surface area contributed by atoms with Crippen LogP contribution in [0.4, 0.5) is 0 Å². The minimum atomic E-state index is 0.653. The van der Waals surface area contributed by atoms with Crippen LogP contribution in [0, 0.1) is 0 Å². The minimum Gasteiger partial charge on any atom is -0.381 e. The zero-order valence-electron chi connectivity index (χ0n) is 29.9. The molecule has 0 bridgehead atoms. The van der Waals surface area contributed by atoms with Crippen LogP contribution in [0.3, 0.4) is 0 Å². The Kier molecular flexibility index (Phi) is 27.8. The SMILES string of the molecule is [N-]=[N+]=NCCCCCCCCCCCCOCCCc1ccc[n+](CCCCCCCCCCCCOCCCc2cccnc2)c1. The third kappa shape index (κ3) is 26.2. The number of pyridine rings is 2. The fourth-order valence-corrected chi connectivity index (χ4v) is 6.13. The van der Waals surface area contributed by atoms with Crippen molar-refractivity contribution in [2.24, 2.45) is 5.11 Å². The van der Waals surface area contributed by atoms with Crippen molar-refractivity contribution in [2.75, 3.05) is 33.0 Å². The van der Waals surface area contributed by atoms with Gasteiger partial charge < -0.3 is 9.47 Å². The van der Waals surface area contributed by atoms with E-state index in [4.69, 9.17) is 15.0 Å². The number of rotatable bonds is 34. The Hall–Kier alpha value is -2.47. The van der Waals surface area contributed by atoms with Gasteiger partial charge in [0.05, 0.1) is 0 Å². The molecule has 0 aliphatic heterocycles. The highest BCUT2D eigenvalue weighted by Crippen LogP contribution is 2.12. The van der Waals surface area contributed by atoms with E-state index in [9.17, 15) is 0 Å². The van der Waals surface area contributed by atoms with Crippen LogP contribution in [-0.2, 0) is 28.9 Å². The van der Waals surface area contributed by atoms with Crippen LogP contribution >= 0.6 is 0 Å². The molecule has 0 N–H and O–H groups in total. The molecule has 0 saturated carbocycles. The van der Waals surface area contributed by atoms with E-state index < -0.39 is 0 Å². The molecule has 0 aliphatic rings. The molecule has 2 aromatic rings. The summed E-state index contributed by atoms with van der Waals surface area (Å²) in [6.45, 7) is 5.34. The van der Waals surface area contributed by atoms with Crippen LogP contribution in [0.5, 0.6) is 0 Å². The third-order valence-corrected chi connectivity index (χ3v) is 8.97. The van der Waals surface area contributed by atoms with E-state index >= 15 is 0 Å². The number of azide groups is 1. The van der Waals surface area contributed by atoms with Gasteiger partial charge in [-0.15, -0.1) is 0 Å². The van der Waals surface area contributed by atoms with E-state index in [1.54, 1.807) is 0 Å². The largest absolute Gasteiger partial charge is 0.381 e. The summed E-state index contributed by atoms with van der Waals surface area (Å²) in [6, 6.07) is 8.61. The first kappa shape index (κ1) is 40.7. The highest BCUT2D eigenvalue weighted by atomic mass is 16.5. The van der Waals surface area contributed by atoms with Gasteiger partial charge in [0.15, 0.2) is 12.4 Å². The van der Waals surface area contributed by atoms with Crippen LogP contribution in [0.15, 0.2) is 54.2 Å². The first-order valence-corrected chi connectivity index (χ1v) is 19.4. The number of unbranched alkanes of at least 4 members (excludes halogenated alkanes) is 18. The maximum absolute atomic E-state index is 8.27. The minimum absolute atomic E-state index is 0.653. The summed E-state index contributed by atoms with van der Waals surface area (Å²) in [7, 11) is 0. The predicted octanol–water partition coefficient (Wildman–Crippen LogP) is 11.1. The van der Waals surface area contributed by atoms with Crippen molar-refractivity contribution in [3.05, 3.63) is 70.6 Å². The number of nitrogens with zero attached hydrogens (tertiary/aromatic N) is 5. The van der Waals surface area contributed by atoms with Crippen LogP contribution in [0.1, 0.15) is 152 Å². The quantitative estimate of drug-likeness (QED) is 0.0248. The van der Waals surface area contributed by atoms with Gasteiger partial charge >= 0.3 is 0 Å². The second-order valence-electron chi connectivity index (χ2n) is 13.3. The Morgan fingerprint density at radius 3 is 1.62 bits per heavy atom. The molecule has 2 aromatic heterocycles. The molecule has 0 saturated heterocycles. The van der Waals surface area contributed by atoms with Crippen LogP contribution in [-0.4, -0.2) is 38.0 Å². The van der Waals surface area contributed by atoms with Gasteiger partial charge in [-0.05, 0) is 74.6 Å². The molecular weight excluding hydrogens is 582 g/mol. The molecule has 0 fully saturated rings. The van der Waals surface area contributed by atoms with E-state index in [2.05, 4.69) is 50.2 Å². The van der Waals surface area contributed by atoms with Gasteiger partial charge in [-0.2, -0.15) is 0 Å². The average Bonchev–Trinajstić information content (AvgIpc) is 3.10. The first-order valence-electron chi connectivity index (χ1n) is 19.4. The molecule has 264 valence electrons. The summed E-state index contributed by atoms with van der Waals surface area (Å²) in [5.41, 5.74) is 11.0. The van der Waals surface area contributed by atoms with Gasteiger partial charge in [-0.1, -0.05) is 107 Å². The van der Waals surface area contributed by atoms with Crippen molar-refractivity contribution < 1.29 is 14.0 Å². The topological polar surface area (TPSA) is 84.0 Å². The molecule has 0 radical (unpaired) electrons. The fraction of sp³-hybridized carbons (Fsp3) is 0.750. The molecule has 7 nitrogen and oxygen atoms in total. The smallest absolute Gasteiger partial charge is 0.171 e. The van der Waals surface area contributed by atoms with E-state index in [-0.39, 0.29) is 0 Å². The summed E-state index contributed by atoms with van der Waals surface area (Å²) >= 11 is 0. The van der Waals surface area contributed by atoms with Crippen molar-refractivity contribution in [3.8, 4) is 0 Å². The van der Waals surface area contributed by atoms with Gasteiger partial charge in [0, 0.05) is 68.3 Å². The monoisotopic (exact) mass is 651 g/mol. The summed E-state index contributed by atoms with van der Waals surface area (Å²) in [5.74, 6) is 0. The Morgan fingerprint density at radius 1 is 0.574 bits per heavy atom. The maximum Gasteiger partial charge on any atom is 0.171 e. The second-order valence-corrected chi connectivity index (χ2v) is 13.3. The third-order valence-electron chi connectivity index (χ3n) is 8.97. The number of aryl methyl sites for hydroxylation is 3. The lowest BCUT2D eigenvalue weighted by molar-refractivity contribution is -0.697. The van der Waals surface area contributed by atoms with Gasteiger partial charge in [-0.3, -0.25) is 4.98 Å². The number of hydrogen-bond acceptors (Lipinski definition) is 4. The van der Waals surface area contributed by atoms with Crippen LogP contribution in [0.25, 0.3) is 10.4 Å². The normalized spacial score (nSPS) is 11.1. The van der Waals surface area contributed by atoms with Crippen molar-refractivity contribution in [1.82, 2.24) is 4.98 Å². The molecule has 7 heteroatoms. The average molecular weight is 651 g/mol. The van der Waals surface area contributed by atoms with Crippen molar-refractivity contribution in [2.45, 2.75) is 161 Å². The standard InChI is InChI=1S/C40H68N5O2/c41-44-43-30-17-13-9-5-1-3-7-11-16-20-34-47-36-24-28-40-26-22-32-45(38-40)31-18-14-10-6-2-4-8-12-15-19-33-46-35-23-27-39-25-21-29-42-37-39/h21-22,25-26,29,32,37-38H,1-20,23-24,27-28,30-31,33-36H2/q+1. The molecular formula is C40H68N5O2+. The number of ether oxygens (including phenoxy) is 2. The van der Waals surface area contributed by atoms with E-state index in [0.29, 0.717) is 6.54 Å². The Bertz CT molecular complexity index is 999. The van der Waals surface area contributed by atoms with Crippen molar-refractivity contribution >= 4 is 0 Å². The fourth-order valence-electron chi connectivity index (χ4n) is 6.13.